The molecule has 108 valence electrons. The Kier molecular flexibility index (Phi) is 3.97. The Hall–Kier alpha value is -2.20. The van der Waals surface area contributed by atoms with Gasteiger partial charge in [0, 0.05) is 31.5 Å². The third-order valence-corrected chi connectivity index (χ3v) is 3.85. The number of carbonyl (C=O) groups excluding carboxylic acids is 1. The summed E-state index contributed by atoms with van der Waals surface area (Å²) in [6.45, 7) is 3.99. The van der Waals surface area contributed by atoms with E-state index < -0.39 is 0 Å². The molecule has 0 saturated carbocycles. The highest BCUT2D eigenvalue weighted by Gasteiger charge is 2.25. The Labute approximate surface area is 124 Å². The van der Waals surface area contributed by atoms with E-state index in [1.165, 1.54) is 5.56 Å². The van der Waals surface area contributed by atoms with E-state index in [1.807, 2.05) is 43.5 Å². The summed E-state index contributed by atoms with van der Waals surface area (Å²) in [7, 11) is 0. The summed E-state index contributed by atoms with van der Waals surface area (Å²) in [4.78, 5) is 16.7. The molecule has 0 aliphatic carbocycles. The molecule has 4 heteroatoms. The van der Waals surface area contributed by atoms with Gasteiger partial charge in [0.25, 0.3) is 0 Å². The van der Waals surface area contributed by atoms with Gasteiger partial charge >= 0.3 is 0 Å². The van der Waals surface area contributed by atoms with Crippen molar-refractivity contribution in [2.45, 2.75) is 25.9 Å². The van der Waals surface area contributed by atoms with E-state index in [-0.39, 0.29) is 11.8 Å². The van der Waals surface area contributed by atoms with E-state index in [1.54, 1.807) is 0 Å². The fourth-order valence-electron chi connectivity index (χ4n) is 2.65. The lowest BCUT2D eigenvalue weighted by Crippen LogP contribution is -2.38. The first-order valence-corrected chi connectivity index (χ1v) is 7.22. The second-order valence-corrected chi connectivity index (χ2v) is 5.41. The second kappa shape index (κ2) is 6.06. The van der Waals surface area contributed by atoms with Crippen LogP contribution in [0.1, 0.15) is 28.3 Å². The van der Waals surface area contributed by atoms with E-state index in [0.717, 1.165) is 23.4 Å². The van der Waals surface area contributed by atoms with Gasteiger partial charge in [0.2, 0.25) is 5.91 Å². The maximum absolute atomic E-state index is 12.4. The summed E-state index contributed by atoms with van der Waals surface area (Å²) in [5.74, 6) is -0.0522. The third kappa shape index (κ3) is 3.11. The number of amides is 1. The number of nitrogens with zero attached hydrogens (tertiary/aromatic N) is 1. The first kappa shape index (κ1) is 13.8. The molecule has 0 fully saturated rings. The van der Waals surface area contributed by atoms with Crippen LogP contribution in [0.15, 0.2) is 42.6 Å². The maximum Gasteiger partial charge on any atom is 0.229 e. The van der Waals surface area contributed by atoms with Crippen LogP contribution >= 0.6 is 0 Å². The van der Waals surface area contributed by atoms with Gasteiger partial charge in [-0.3, -0.25) is 9.78 Å². The van der Waals surface area contributed by atoms with Crippen molar-refractivity contribution in [3.63, 3.8) is 0 Å². The summed E-state index contributed by atoms with van der Waals surface area (Å²) in [5.41, 5.74) is 4.35. The smallest absolute Gasteiger partial charge is 0.229 e. The minimum atomic E-state index is -0.117. The zero-order chi connectivity index (χ0) is 14.7. The van der Waals surface area contributed by atoms with Crippen molar-refractivity contribution >= 4 is 5.91 Å². The number of pyridine rings is 1. The molecule has 2 N–H and O–H groups in total. The molecule has 1 amide bonds. The molecule has 1 aromatic heterocycles. The van der Waals surface area contributed by atoms with Crippen molar-refractivity contribution in [2.75, 3.05) is 6.54 Å². The molecule has 1 aromatic carbocycles. The zero-order valence-electron chi connectivity index (χ0n) is 12.1. The van der Waals surface area contributed by atoms with Gasteiger partial charge in [0.15, 0.2) is 0 Å². The fourth-order valence-corrected chi connectivity index (χ4v) is 2.65. The SMILES string of the molecule is Cc1ccc(CNC(=O)C2CNCc3ccccc32)cn1. The van der Waals surface area contributed by atoms with Crippen LogP contribution in [0.5, 0.6) is 0 Å². The zero-order valence-corrected chi connectivity index (χ0v) is 12.1. The molecule has 1 aliphatic rings. The van der Waals surface area contributed by atoms with E-state index in [9.17, 15) is 4.79 Å². The van der Waals surface area contributed by atoms with Crippen molar-refractivity contribution in [1.82, 2.24) is 15.6 Å². The summed E-state index contributed by atoms with van der Waals surface area (Å²) in [5, 5.41) is 6.31. The molecule has 4 nitrogen and oxygen atoms in total. The van der Waals surface area contributed by atoms with Crippen LogP contribution in [-0.2, 0) is 17.9 Å². The van der Waals surface area contributed by atoms with Crippen molar-refractivity contribution in [1.29, 1.82) is 0 Å². The van der Waals surface area contributed by atoms with Gasteiger partial charge in [0.05, 0.1) is 5.92 Å². The fraction of sp³-hybridized carbons (Fsp3) is 0.294. The molecule has 1 unspecified atom stereocenters. The highest BCUT2D eigenvalue weighted by molar-refractivity contribution is 5.84. The Bertz CT molecular complexity index is 637. The minimum Gasteiger partial charge on any atom is -0.351 e. The van der Waals surface area contributed by atoms with E-state index in [2.05, 4.69) is 21.7 Å². The number of aromatic nitrogens is 1. The third-order valence-electron chi connectivity index (χ3n) is 3.85. The van der Waals surface area contributed by atoms with E-state index >= 15 is 0 Å². The predicted molar refractivity (Wildman–Crippen MR) is 81.7 cm³/mol. The number of fused-ring (bicyclic) bond motifs is 1. The van der Waals surface area contributed by atoms with Gasteiger partial charge in [-0.15, -0.1) is 0 Å². The molecule has 21 heavy (non-hydrogen) atoms. The summed E-state index contributed by atoms with van der Waals surface area (Å²) < 4.78 is 0. The van der Waals surface area contributed by atoms with Crippen LogP contribution in [0.3, 0.4) is 0 Å². The average molecular weight is 281 g/mol. The lowest BCUT2D eigenvalue weighted by Gasteiger charge is -2.25. The Morgan fingerprint density at radius 2 is 2.19 bits per heavy atom. The van der Waals surface area contributed by atoms with Crippen molar-refractivity contribution in [3.05, 3.63) is 65.0 Å². The Morgan fingerprint density at radius 1 is 1.33 bits per heavy atom. The molecule has 2 aromatic rings. The minimum absolute atomic E-state index is 0.0650. The van der Waals surface area contributed by atoms with Gasteiger partial charge in [-0.2, -0.15) is 0 Å². The second-order valence-electron chi connectivity index (χ2n) is 5.41. The highest BCUT2D eigenvalue weighted by Crippen LogP contribution is 2.23. The Balaban J connectivity index is 1.68. The van der Waals surface area contributed by atoms with E-state index in [4.69, 9.17) is 0 Å². The van der Waals surface area contributed by atoms with Crippen molar-refractivity contribution < 1.29 is 4.79 Å². The van der Waals surface area contributed by atoms with Gasteiger partial charge in [-0.05, 0) is 29.7 Å². The maximum atomic E-state index is 12.4. The van der Waals surface area contributed by atoms with Gasteiger partial charge in [0.1, 0.15) is 0 Å². The monoisotopic (exact) mass is 281 g/mol. The van der Waals surface area contributed by atoms with Crippen LogP contribution in [0.2, 0.25) is 0 Å². The van der Waals surface area contributed by atoms with Crippen LogP contribution in [0, 0.1) is 6.92 Å². The summed E-state index contributed by atoms with van der Waals surface area (Å²) >= 11 is 0. The lowest BCUT2D eigenvalue weighted by atomic mass is 9.90. The van der Waals surface area contributed by atoms with Gasteiger partial charge < -0.3 is 10.6 Å². The molecule has 0 radical (unpaired) electrons. The van der Waals surface area contributed by atoms with Crippen molar-refractivity contribution in [3.8, 4) is 0 Å². The van der Waals surface area contributed by atoms with E-state index in [0.29, 0.717) is 13.1 Å². The number of benzene rings is 1. The molecule has 0 bridgehead atoms. The molecule has 1 atom stereocenters. The van der Waals surface area contributed by atoms with Crippen LogP contribution in [0.25, 0.3) is 0 Å². The molecule has 0 saturated heterocycles. The standard InChI is InChI=1S/C17H19N3O/c1-12-6-7-13(8-19-12)9-20-17(21)16-11-18-10-14-4-2-3-5-15(14)16/h2-8,16,18H,9-11H2,1H3,(H,20,21). The van der Waals surface area contributed by atoms with Crippen LogP contribution in [0.4, 0.5) is 0 Å². The first-order chi connectivity index (χ1) is 10.2. The van der Waals surface area contributed by atoms with Crippen LogP contribution < -0.4 is 10.6 Å². The number of hydrogen-bond donors (Lipinski definition) is 2. The van der Waals surface area contributed by atoms with Crippen LogP contribution in [-0.4, -0.2) is 17.4 Å². The van der Waals surface area contributed by atoms with Gasteiger partial charge in [-0.1, -0.05) is 30.3 Å². The molecule has 0 spiro atoms. The normalized spacial score (nSPS) is 17.1. The topological polar surface area (TPSA) is 54.0 Å². The van der Waals surface area contributed by atoms with Gasteiger partial charge in [-0.25, -0.2) is 0 Å². The predicted octanol–water partition coefficient (Wildman–Crippen LogP) is 1.89. The number of carbonyl (C=O) groups is 1. The number of hydrogen-bond acceptors (Lipinski definition) is 3. The summed E-state index contributed by atoms with van der Waals surface area (Å²) in [6, 6.07) is 12.1. The average Bonchev–Trinajstić information content (AvgIpc) is 2.53. The highest BCUT2D eigenvalue weighted by atomic mass is 16.1. The molecular formula is C17H19N3O. The van der Waals surface area contributed by atoms with Crippen molar-refractivity contribution in [2.24, 2.45) is 0 Å². The molecule has 2 heterocycles. The lowest BCUT2D eigenvalue weighted by molar-refractivity contribution is -0.122. The summed E-state index contributed by atoms with van der Waals surface area (Å²) in [6.07, 6.45) is 1.81. The Morgan fingerprint density at radius 3 is 3.00 bits per heavy atom. The number of aryl methyl sites for hydroxylation is 1. The quantitative estimate of drug-likeness (QED) is 0.903. The molecule has 1 aliphatic heterocycles. The first-order valence-electron chi connectivity index (χ1n) is 7.22. The molecule has 3 rings (SSSR count). The number of rotatable bonds is 3. The number of nitrogens with one attached hydrogen (secondary N) is 2. The largest absolute Gasteiger partial charge is 0.351 e. The molecular weight excluding hydrogens is 262 g/mol.